The van der Waals surface area contributed by atoms with E-state index in [-0.39, 0.29) is 0 Å². The van der Waals surface area contributed by atoms with Gasteiger partial charge in [0.15, 0.2) is 17.5 Å². The normalized spacial score (nSPS) is 12.1. The van der Waals surface area contributed by atoms with Crippen LogP contribution in [0.4, 0.5) is 0 Å². The number of rotatable bonds is 4. The third-order valence-corrected chi connectivity index (χ3v) is 11.8. The molecule has 0 aliphatic rings. The summed E-state index contributed by atoms with van der Waals surface area (Å²) in [7, 11) is 0. The van der Waals surface area contributed by atoms with Crippen LogP contribution < -0.4 is 0 Å². The lowest BCUT2D eigenvalue weighted by molar-refractivity contribution is 0.668. The molecular weight excluding hydrogens is 725 g/mol. The molecule has 13 aromatic rings. The van der Waals surface area contributed by atoms with Crippen LogP contribution in [0.2, 0.25) is 0 Å². The Bertz CT molecular complexity index is 3860. The minimum atomic E-state index is 0.569. The Morgan fingerprint density at radius 3 is 1.88 bits per heavy atom. The van der Waals surface area contributed by atoms with E-state index in [1.165, 1.54) is 32.3 Å². The van der Waals surface area contributed by atoms with Gasteiger partial charge in [0.05, 0.1) is 11.0 Å². The third kappa shape index (κ3) is 4.84. The van der Waals surface area contributed by atoms with Crippen molar-refractivity contribution in [3.63, 3.8) is 0 Å². The molecule has 4 aromatic heterocycles. The zero-order chi connectivity index (χ0) is 38.6. The lowest BCUT2D eigenvalue weighted by Crippen LogP contribution is -2.00. The summed E-state index contributed by atoms with van der Waals surface area (Å²) in [5, 5.41) is 11.4. The van der Waals surface area contributed by atoms with E-state index < -0.39 is 0 Å². The zero-order valence-corrected chi connectivity index (χ0v) is 31.4. The summed E-state index contributed by atoms with van der Waals surface area (Å²) in [6.45, 7) is 0. The van der Waals surface area contributed by atoms with Crippen LogP contribution in [0.3, 0.4) is 0 Å². The molecule has 13 rings (SSSR count). The van der Waals surface area contributed by atoms with Gasteiger partial charge >= 0.3 is 0 Å². The van der Waals surface area contributed by atoms with Gasteiger partial charge in [0.25, 0.3) is 0 Å². The maximum atomic E-state index is 6.60. The Labute approximate surface area is 336 Å². The number of nitrogens with zero attached hydrogens (tertiary/aromatic N) is 4. The van der Waals surface area contributed by atoms with Crippen molar-refractivity contribution in [2.24, 2.45) is 0 Å². The molecule has 274 valence electrons. The van der Waals surface area contributed by atoms with E-state index in [9.17, 15) is 0 Å². The fourth-order valence-corrected chi connectivity index (χ4v) is 9.10. The third-order valence-electron chi connectivity index (χ3n) is 11.8. The van der Waals surface area contributed by atoms with Crippen molar-refractivity contribution in [1.82, 2.24) is 19.5 Å². The van der Waals surface area contributed by atoms with E-state index in [2.05, 4.69) is 114 Å². The minimum Gasteiger partial charge on any atom is -0.456 e. The SMILES string of the molecule is c1ccc(-c2nc(-c3ccc4oc5ccccc5c4c3)nc(-c3cccc4oc5ccc(-n6c7cc8ccccc8cc7c7c8ccccc8ccc76)cc5c34)n2)cc1. The van der Waals surface area contributed by atoms with Gasteiger partial charge < -0.3 is 13.4 Å². The molecule has 9 aromatic carbocycles. The van der Waals surface area contributed by atoms with Crippen molar-refractivity contribution in [2.45, 2.75) is 0 Å². The van der Waals surface area contributed by atoms with Gasteiger partial charge in [-0.25, -0.2) is 15.0 Å². The van der Waals surface area contributed by atoms with E-state index in [0.717, 1.165) is 77.3 Å². The Morgan fingerprint density at radius 2 is 1.00 bits per heavy atom. The molecule has 0 radical (unpaired) electrons. The Morgan fingerprint density at radius 1 is 0.339 bits per heavy atom. The molecule has 0 atom stereocenters. The highest BCUT2D eigenvalue weighted by Gasteiger charge is 2.21. The number of aromatic nitrogens is 4. The van der Waals surface area contributed by atoms with Crippen molar-refractivity contribution in [2.75, 3.05) is 0 Å². The summed E-state index contributed by atoms with van der Waals surface area (Å²) in [5.74, 6) is 1.74. The van der Waals surface area contributed by atoms with Gasteiger partial charge in [-0.3, -0.25) is 0 Å². The van der Waals surface area contributed by atoms with Crippen LogP contribution in [0.15, 0.2) is 191 Å². The first-order valence-electron chi connectivity index (χ1n) is 19.8. The Hall–Kier alpha value is -8.09. The van der Waals surface area contributed by atoms with Crippen LogP contribution in [-0.2, 0) is 0 Å². The molecule has 0 bridgehead atoms. The summed E-state index contributed by atoms with van der Waals surface area (Å²) < 4.78 is 15.2. The Kier molecular flexibility index (Phi) is 6.63. The molecule has 0 saturated carbocycles. The quantitative estimate of drug-likeness (QED) is 0.179. The molecule has 0 aliphatic heterocycles. The highest BCUT2D eigenvalue weighted by molar-refractivity contribution is 6.23. The molecule has 0 unspecified atom stereocenters. The minimum absolute atomic E-state index is 0.569. The van der Waals surface area contributed by atoms with Gasteiger partial charge in [0.1, 0.15) is 22.3 Å². The van der Waals surface area contributed by atoms with Gasteiger partial charge in [0, 0.05) is 54.7 Å². The molecular formula is C53H30N4O2. The van der Waals surface area contributed by atoms with E-state index in [4.69, 9.17) is 23.8 Å². The summed E-state index contributed by atoms with van der Waals surface area (Å²) in [6, 6.07) is 63.4. The molecule has 0 aliphatic carbocycles. The van der Waals surface area contributed by atoms with Crippen LogP contribution in [-0.4, -0.2) is 19.5 Å². The summed E-state index contributed by atoms with van der Waals surface area (Å²) >= 11 is 0. The van der Waals surface area contributed by atoms with E-state index in [1.54, 1.807) is 0 Å². The largest absolute Gasteiger partial charge is 0.456 e. The molecule has 6 heteroatoms. The van der Waals surface area contributed by atoms with E-state index in [0.29, 0.717) is 17.5 Å². The zero-order valence-electron chi connectivity index (χ0n) is 31.4. The molecule has 0 amide bonds. The first-order valence-corrected chi connectivity index (χ1v) is 19.8. The van der Waals surface area contributed by atoms with Crippen LogP contribution in [0.1, 0.15) is 0 Å². The van der Waals surface area contributed by atoms with Gasteiger partial charge in [-0.1, -0.05) is 115 Å². The summed E-state index contributed by atoms with van der Waals surface area (Å²) in [6.07, 6.45) is 0. The lowest BCUT2D eigenvalue weighted by Gasteiger charge is -2.10. The number of benzene rings is 9. The molecule has 0 spiro atoms. The van der Waals surface area contributed by atoms with Gasteiger partial charge in [0.2, 0.25) is 0 Å². The lowest BCUT2D eigenvalue weighted by atomic mass is 10.0. The smallest absolute Gasteiger partial charge is 0.164 e. The number of furan rings is 2. The van der Waals surface area contributed by atoms with Crippen LogP contribution in [0.25, 0.3) is 127 Å². The number of hydrogen-bond acceptors (Lipinski definition) is 5. The van der Waals surface area contributed by atoms with Crippen molar-refractivity contribution in [3.8, 4) is 39.9 Å². The van der Waals surface area contributed by atoms with E-state index >= 15 is 0 Å². The molecule has 0 fully saturated rings. The first-order chi connectivity index (χ1) is 29.2. The maximum Gasteiger partial charge on any atom is 0.164 e. The highest BCUT2D eigenvalue weighted by Crippen LogP contribution is 2.42. The number of para-hydroxylation sites is 1. The second-order valence-electron chi connectivity index (χ2n) is 15.2. The molecule has 59 heavy (non-hydrogen) atoms. The fourth-order valence-electron chi connectivity index (χ4n) is 9.10. The van der Waals surface area contributed by atoms with Gasteiger partial charge in [-0.15, -0.1) is 0 Å². The maximum absolute atomic E-state index is 6.60. The van der Waals surface area contributed by atoms with Gasteiger partial charge in [-0.05, 0) is 88.3 Å². The highest BCUT2D eigenvalue weighted by atomic mass is 16.3. The molecule has 0 N–H and O–H groups in total. The monoisotopic (exact) mass is 754 g/mol. The summed E-state index contributed by atoms with van der Waals surface area (Å²) in [5.41, 5.74) is 9.23. The number of fused-ring (bicyclic) bond motifs is 12. The average molecular weight is 755 g/mol. The van der Waals surface area contributed by atoms with Crippen molar-refractivity contribution in [3.05, 3.63) is 182 Å². The molecule has 6 nitrogen and oxygen atoms in total. The molecule has 4 heterocycles. The van der Waals surface area contributed by atoms with Gasteiger partial charge in [-0.2, -0.15) is 0 Å². The first kappa shape index (κ1) is 32.0. The standard InChI is InChI=1S/C53H30N4O2/c1-2-12-32(13-3-1)51-54-52(35-22-25-46-40(28-35)38-17-8-9-19-45(38)58-46)56-53(55-51)39-18-10-20-48-50(39)42-30-36(23-26-47(42)59-48)57-43-24-21-31-11-6-7-16-37(31)49(43)41-27-33-14-4-5-15-34(33)29-44(41)57/h1-30H. The number of hydrogen-bond donors (Lipinski definition) is 0. The average Bonchev–Trinajstić information content (AvgIpc) is 3.97. The second kappa shape index (κ2) is 12.2. The van der Waals surface area contributed by atoms with Crippen molar-refractivity contribution in [1.29, 1.82) is 0 Å². The van der Waals surface area contributed by atoms with Crippen molar-refractivity contribution >= 4 is 87.2 Å². The Balaban J connectivity index is 1.06. The predicted octanol–water partition coefficient (Wildman–Crippen LogP) is 14.1. The fraction of sp³-hybridized carbons (Fsp3) is 0. The predicted molar refractivity (Wildman–Crippen MR) is 240 cm³/mol. The van der Waals surface area contributed by atoms with Crippen LogP contribution >= 0.6 is 0 Å². The van der Waals surface area contributed by atoms with Crippen molar-refractivity contribution < 1.29 is 8.83 Å². The van der Waals surface area contributed by atoms with Crippen LogP contribution in [0, 0.1) is 0 Å². The topological polar surface area (TPSA) is 69.9 Å². The summed E-state index contributed by atoms with van der Waals surface area (Å²) in [4.78, 5) is 15.5. The molecule has 0 saturated heterocycles. The van der Waals surface area contributed by atoms with E-state index in [1.807, 2.05) is 72.8 Å². The van der Waals surface area contributed by atoms with Crippen LogP contribution in [0.5, 0.6) is 0 Å². The second-order valence-corrected chi connectivity index (χ2v) is 15.2.